The third kappa shape index (κ3) is 4.21. The summed E-state index contributed by atoms with van der Waals surface area (Å²) in [4.78, 5) is 34.6. The van der Waals surface area contributed by atoms with E-state index >= 15 is 0 Å². The van der Waals surface area contributed by atoms with E-state index in [2.05, 4.69) is 25.6 Å². The number of rotatable bonds is 3. The van der Waals surface area contributed by atoms with Gasteiger partial charge in [-0.15, -0.1) is 0 Å². The molecule has 0 saturated heterocycles. The predicted molar refractivity (Wildman–Crippen MR) is 155 cm³/mol. The fourth-order valence-electron chi connectivity index (χ4n) is 5.48. The lowest BCUT2D eigenvalue weighted by molar-refractivity contribution is 0.0653. The third-order valence-corrected chi connectivity index (χ3v) is 8.48. The van der Waals surface area contributed by atoms with Crippen molar-refractivity contribution in [2.24, 2.45) is 7.05 Å². The van der Waals surface area contributed by atoms with Crippen LogP contribution in [-0.4, -0.2) is 40.7 Å². The summed E-state index contributed by atoms with van der Waals surface area (Å²) < 4.78 is 6.39. The van der Waals surface area contributed by atoms with Crippen LogP contribution in [0.4, 0.5) is 0 Å². The number of hydrogen-bond donors (Lipinski definition) is 0. The molecular weight excluding hydrogens is 556 g/mol. The van der Waals surface area contributed by atoms with Gasteiger partial charge in [-0.1, -0.05) is 15.9 Å². The summed E-state index contributed by atoms with van der Waals surface area (Å²) in [5.41, 5.74) is 6.25. The second-order valence-electron chi connectivity index (χ2n) is 10.4. The van der Waals surface area contributed by atoms with Gasteiger partial charge in [0, 0.05) is 51.5 Å². The van der Waals surface area contributed by atoms with Gasteiger partial charge in [-0.3, -0.25) is 9.59 Å². The molecule has 8 nitrogen and oxygen atoms in total. The van der Waals surface area contributed by atoms with E-state index in [1.807, 2.05) is 94.4 Å². The molecule has 198 valence electrons. The predicted octanol–water partition coefficient (Wildman–Crippen LogP) is 5.18. The Bertz CT molecular complexity index is 1850. The first-order chi connectivity index (χ1) is 18.6. The number of nitrogens with zero attached hydrogens (tertiary/aromatic N) is 6. The lowest BCUT2D eigenvalue weighted by Gasteiger charge is -2.34. The Hall–Kier alpha value is -3.98. The van der Waals surface area contributed by atoms with E-state index in [0.717, 1.165) is 38.0 Å². The molecular formula is C30H29BrN6O2. The van der Waals surface area contributed by atoms with Crippen molar-refractivity contribution in [3.63, 3.8) is 0 Å². The molecule has 0 radical (unpaired) electrons. The van der Waals surface area contributed by atoms with Gasteiger partial charge in [0.1, 0.15) is 0 Å². The van der Waals surface area contributed by atoms with Crippen molar-refractivity contribution in [1.29, 1.82) is 0 Å². The van der Waals surface area contributed by atoms with Gasteiger partial charge in [0.15, 0.2) is 0 Å². The van der Waals surface area contributed by atoms with Crippen molar-refractivity contribution >= 4 is 32.7 Å². The fraction of sp³-hybridized carbons (Fsp3) is 0.267. The maximum absolute atomic E-state index is 14.2. The van der Waals surface area contributed by atoms with E-state index in [9.17, 15) is 9.59 Å². The van der Waals surface area contributed by atoms with Crippen molar-refractivity contribution in [1.82, 2.24) is 28.8 Å². The first-order valence-corrected chi connectivity index (χ1v) is 13.7. The van der Waals surface area contributed by atoms with Crippen LogP contribution in [0.25, 0.3) is 22.5 Å². The summed E-state index contributed by atoms with van der Waals surface area (Å²) in [6.45, 7) is 8.08. The molecule has 9 heteroatoms. The molecule has 6 rings (SSSR count). The van der Waals surface area contributed by atoms with Crippen LogP contribution in [0.3, 0.4) is 0 Å². The number of fused-ring (bicyclic) bond motifs is 2. The number of benzene rings is 2. The maximum atomic E-state index is 14.2. The number of halogens is 1. The van der Waals surface area contributed by atoms with Crippen molar-refractivity contribution in [3.8, 4) is 11.6 Å². The average Bonchev–Trinajstić information content (AvgIpc) is 3.45. The Balaban J connectivity index is 1.51. The first-order valence-electron chi connectivity index (χ1n) is 12.9. The Morgan fingerprint density at radius 1 is 1.05 bits per heavy atom. The average molecular weight is 586 g/mol. The SMILES string of the molecule is Cc1cc(C)n(-c2nc3c(c(=O)n2-c2ccc4c(ccn4C)c2)C[C@@H](C)N(C(=O)c2ccc(Br)c(C)c2)C3)n1. The van der Waals surface area contributed by atoms with E-state index in [-0.39, 0.29) is 24.1 Å². The van der Waals surface area contributed by atoms with Crippen LogP contribution < -0.4 is 5.56 Å². The van der Waals surface area contributed by atoms with Crippen molar-refractivity contribution < 1.29 is 4.79 Å². The zero-order valence-corrected chi connectivity index (χ0v) is 24.2. The first kappa shape index (κ1) is 25.3. The Kier molecular flexibility index (Phi) is 6.06. The van der Waals surface area contributed by atoms with Crippen LogP contribution in [0, 0.1) is 20.8 Å². The van der Waals surface area contributed by atoms with E-state index in [1.165, 1.54) is 0 Å². The largest absolute Gasteiger partial charge is 0.351 e. The number of aryl methyl sites for hydroxylation is 4. The number of aromatic nitrogens is 5. The molecule has 5 aromatic rings. The molecule has 0 unspecified atom stereocenters. The molecule has 0 N–H and O–H groups in total. The van der Waals surface area contributed by atoms with Crippen LogP contribution in [0.2, 0.25) is 0 Å². The van der Waals surface area contributed by atoms with Crippen LogP contribution in [-0.2, 0) is 20.0 Å². The number of hydrogen-bond acceptors (Lipinski definition) is 4. The number of carbonyl (C=O) groups is 1. The molecule has 1 aliphatic heterocycles. The quantitative estimate of drug-likeness (QED) is 0.292. The molecule has 0 saturated carbocycles. The zero-order chi connectivity index (χ0) is 27.6. The molecule has 39 heavy (non-hydrogen) atoms. The van der Waals surface area contributed by atoms with Gasteiger partial charge in [-0.25, -0.2) is 14.2 Å². The number of carbonyl (C=O) groups excluding carboxylic acids is 1. The van der Waals surface area contributed by atoms with Crippen LogP contribution >= 0.6 is 15.9 Å². The molecule has 0 spiro atoms. The zero-order valence-electron chi connectivity index (χ0n) is 22.6. The minimum absolute atomic E-state index is 0.0723. The monoisotopic (exact) mass is 584 g/mol. The molecule has 1 atom stereocenters. The molecule has 4 heterocycles. The normalized spacial score (nSPS) is 15.1. The smallest absolute Gasteiger partial charge is 0.263 e. The topological polar surface area (TPSA) is 78.0 Å². The molecule has 0 aliphatic carbocycles. The van der Waals surface area contributed by atoms with Crippen LogP contribution in [0.5, 0.6) is 0 Å². The Labute approximate surface area is 234 Å². The molecule has 1 amide bonds. The van der Waals surface area contributed by atoms with E-state index < -0.39 is 0 Å². The summed E-state index contributed by atoms with van der Waals surface area (Å²) in [6.07, 6.45) is 2.43. The van der Waals surface area contributed by atoms with Gasteiger partial charge in [0.25, 0.3) is 11.5 Å². The molecule has 2 aromatic carbocycles. The third-order valence-electron chi connectivity index (χ3n) is 7.59. The van der Waals surface area contributed by atoms with Crippen molar-refractivity contribution in [2.45, 2.75) is 46.7 Å². The molecule has 0 bridgehead atoms. The van der Waals surface area contributed by atoms with Gasteiger partial charge in [0.2, 0.25) is 5.95 Å². The molecule has 0 fully saturated rings. The van der Waals surface area contributed by atoms with Crippen LogP contribution in [0.15, 0.2) is 64.0 Å². The van der Waals surface area contributed by atoms with E-state index in [4.69, 9.17) is 4.98 Å². The highest BCUT2D eigenvalue weighted by Gasteiger charge is 2.32. The lowest BCUT2D eigenvalue weighted by Crippen LogP contribution is -2.46. The molecule has 1 aliphatic rings. The summed E-state index contributed by atoms with van der Waals surface area (Å²) in [7, 11) is 2.00. The second-order valence-corrected chi connectivity index (χ2v) is 11.3. The highest BCUT2D eigenvalue weighted by Crippen LogP contribution is 2.27. The van der Waals surface area contributed by atoms with Gasteiger partial charge in [-0.05, 0) is 88.2 Å². The van der Waals surface area contributed by atoms with Crippen LogP contribution in [0.1, 0.15) is 45.5 Å². The van der Waals surface area contributed by atoms with Crippen molar-refractivity contribution in [3.05, 3.63) is 103 Å². The Morgan fingerprint density at radius 2 is 1.85 bits per heavy atom. The van der Waals surface area contributed by atoms with E-state index in [0.29, 0.717) is 29.2 Å². The standard InChI is InChI=1S/C30H29BrN6O2/c1-17-12-22(6-8-25(17)31)28(38)35-16-26-24(14-19(35)3)29(39)36(30(32-26)37-20(4)13-18(2)33-37)23-7-9-27-21(15-23)10-11-34(27)5/h6-13,15,19H,14,16H2,1-5H3/t19-/m1/s1. The summed E-state index contributed by atoms with van der Waals surface area (Å²) in [6, 6.07) is 15.4. The Morgan fingerprint density at radius 3 is 2.56 bits per heavy atom. The van der Waals surface area contributed by atoms with Gasteiger partial charge < -0.3 is 9.47 Å². The van der Waals surface area contributed by atoms with Gasteiger partial charge in [-0.2, -0.15) is 5.10 Å². The highest BCUT2D eigenvalue weighted by atomic mass is 79.9. The molecule has 3 aromatic heterocycles. The summed E-state index contributed by atoms with van der Waals surface area (Å²) in [5.74, 6) is 0.345. The van der Waals surface area contributed by atoms with E-state index in [1.54, 1.807) is 9.25 Å². The minimum atomic E-state index is -0.159. The van der Waals surface area contributed by atoms with Gasteiger partial charge in [0.05, 0.1) is 23.6 Å². The van der Waals surface area contributed by atoms with Gasteiger partial charge >= 0.3 is 0 Å². The number of amides is 1. The summed E-state index contributed by atoms with van der Waals surface area (Å²) >= 11 is 3.51. The summed E-state index contributed by atoms with van der Waals surface area (Å²) in [5, 5.41) is 5.70. The van der Waals surface area contributed by atoms with Crippen molar-refractivity contribution in [2.75, 3.05) is 0 Å². The minimum Gasteiger partial charge on any atom is -0.351 e. The lowest BCUT2D eigenvalue weighted by atomic mass is 9.98. The highest BCUT2D eigenvalue weighted by molar-refractivity contribution is 9.10. The second kappa shape index (κ2) is 9.34. The maximum Gasteiger partial charge on any atom is 0.263 e. The fourth-order valence-corrected chi connectivity index (χ4v) is 5.72.